The number of hydrogen-bond donors (Lipinski definition) is 1. The Hall–Kier alpha value is -1.11. The van der Waals surface area contributed by atoms with E-state index in [-0.39, 0.29) is 0 Å². The fraction of sp³-hybridized carbons (Fsp3) is 0.533. The van der Waals surface area contributed by atoms with E-state index in [1.165, 1.54) is 35.1 Å². The van der Waals surface area contributed by atoms with Crippen LogP contribution < -0.4 is 10.6 Å². The zero-order chi connectivity index (χ0) is 14.2. The van der Waals surface area contributed by atoms with Crippen molar-refractivity contribution in [2.45, 2.75) is 25.3 Å². The number of thiazole rings is 1. The van der Waals surface area contributed by atoms with E-state index < -0.39 is 0 Å². The van der Waals surface area contributed by atoms with Gasteiger partial charge in [0.25, 0.3) is 0 Å². The summed E-state index contributed by atoms with van der Waals surface area (Å²) >= 11 is 3.53. The van der Waals surface area contributed by atoms with Crippen molar-refractivity contribution in [3.05, 3.63) is 28.1 Å². The molecule has 0 radical (unpaired) electrons. The molecule has 1 saturated heterocycles. The van der Waals surface area contributed by atoms with Crippen LogP contribution in [0.4, 0.5) is 10.1 Å². The lowest BCUT2D eigenvalue weighted by molar-refractivity contribution is 0.170. The predicted molar refractivity (Wildman–Crippen MR) is 90.4 cm³/mol. The van der Waals surface area contributed by atoms with Crippen molar-refractivity contribution < 1.29 is 0 Å². The van der Waals surface area contributed by atoms with Crippen LogP contribution in [0.3, 0.4) is 0 Å². The number of rotatable bonds is 2. The van der Waals surface area contributed by atoms with Gasteiger partial charge in [-0.2, -0.15) is 0 Å². The number of nitrogens with zero attached hydrogens (tertiary/aromatic N) is 3. The smallest absolute Gasteiger partial charge is 0.180 e. The average molecular weight is 320 g/mol. The molecule has 0 saturated carbocycles. The van der Waals surface area contributed by atoms with Crippen molar-refractivity contribution in [1.82, 2.24) is 9.88 Å². The van der Waals surface area contributed by atoms with Crippen LogP contribution in [0.5, 0.6) is 0 Å². The first-order chi connectivity index (χ1) is 10.3. The molecule has 21 heavy (non-hydrogen) atoms. The first-order valence-electron chi connectivity index (χ1n) is 7.56. The Morgan fingerprint density at radius 3 is 2.86 bits per heavy atom. The lowest BCUT2D eigenvalue weighted by Gasteiger charge is -2.40. The Bertz CT molecular complexity index is 599. The molecule has 2 aromatic rings. The maximum Gasteiger partial charge on any atom is 0.180 e. The topological polar surface area (TPSA) is 45.4 Å². The Morgan fingerprint density at radius 2 is 2.10 bits per heavy atom. The predicted octanol–water partition coefficient (Wildman–Crippen LogP) is 2.47. The zero-order valence-electron chi connectivity index (χ0n) is 12.0. The molecular weight excluding hydrogens is 300 g/mol. The second-order valence-corrected chi connectivity index (χ2v) is 7.83. The second kappa shape index (κ2) is 5.59. The highest BCUT2D eigenvalue weighted by Crippen LogP contribution is 2.31. The van der Waals surface area contributed by atoms with Crippen molar-refractivity contribution in [1.29, 1.82) is 0 Å². The van der Waals surface area contributed by atoms with E-state index in [2.05, 4.69) is 32.3 Å². The van der Waals surface area contributed by atoms with Gasteiger partial charge in [0, 0.05) is 37.1 Å². The fourth-order valence-electron chi connectivity index (χ4n) is 3.45. The van der Waals surface area contributed by atoms with Gasteiger partial charge >= 0.3 is 0 Å². The maximum absolute atomic E-state index is 5.84. The van der Waals surface area contributed by atoms with E-state index in [1.54, 1.807) is 11.3 Å². The number of piperazine rings is 1. The number of fused-ring (bicyclic) bond motifs is 1. The molecule has 4 rings (SSSR count). The Morgan fingerprint density at radius 1 is 1.24 bits per heavy atom. The molecule has 1 aliphatic carbocycles. The Balaban J connectivity index is 1.39. The van der Waals surface area contributed by atoms with Gasteiger partial charge in [-0.15, -0.1) is 22.7 Å². The Labute approximate surface area is 133 Å². The molecule has 1 fully saturated rings. The van der Waals surface area contributed by atoms with Crippen molar-refractivity contribution in [3.8, 4) is 0 Å². The average Bonchev–Trinajstić information content (AvgIpc) is 3.15. The van der Waals surface area contributed by atoms with E-state index in [0.29, 0.717) is 6.04 Å². The number of aromatic nitrogens is 1. The lowest BCUT2D eigenvalue weighted by atomic mass is 9.96. The van der Waals surface area contributed by atoms with Crippen LogP contribution in [0, 0.1) is 0 Å². The van der Waals surface area contributed by atoms with Gasteiger partial charge in [0.05, 0.1) is 10.7 Å². The van der Waals surface area contributed by atoms with Crippen LogP contribution in [0.1, 0.15) is 17.0 Å². The number of nitrogens with two attached hydrogens (primary N) is 1. The number of aryl methyl sites for hydroxylation is 1. The molecule has 4 nitrogen and oxygen atoms in total. The summed E-state index contributed by atoms with van der Waals surface area (Å²) in [7, 11) is 0. The standard InChI is InChI=1S/C15H20N4S2/c16-15-17-12-4-3-11(10-13(12)21-15)18-5-7-19(8-6-18)14-2-1-9-20-14/h1-2,9,11H,3-8,10H2,(H2,16,17). The highest BCUT2D eigenvalue weighted by molar-refractivity contribution is 7.15. The van der Waals surface area contributed by atoms with Gasteiger partial charge in [0.2, 0.25) is 0 Å². The van der Waals surface area contributed by atoms with Crippen LogP contribution in [0.25, 0.3) is 0 Å². The molecule has 0 aromatic carbocycles. The SMILES string of the molecule is Nc1nc2c(s1)CC(N1CCN(c3cccs3)CC1)CC2. The van der Waals surface area contributed by atoms with Crippen LogP contribution in [0.2, 0.25) is 0 Å². The molecule has 112 valence electrons. The van der Waals surface area contributed by atoms with Crippen LogP contribution in [-0.2, 0) is 12.8 Å². The van der Waals surface area contributed by atoms with Crippen molar-refractivity contribution in [2.75, 3.05) is 36.8 Å². The molecule has 1 unspecified atom stereocenters. The molecule has 2 N–H and O–H groups in total. The van der Waals surface area contributed by atoms with E-state index in [1.807, 2.05) is 11.3 Å². The highest BCUT2D eigenvalue weighted by atomic mass is 32.1. The lowest BCUT2D eigenvalue weighted by Crippen LogP contribution is -2.51. The summed E-state index contributed by atoms with van der Waals surface area (Å²) < 4.78 is 0. The zero-order valence-corrected chi connectivity index (χ0v) is 13.6. The summed E-state index contributed by atoms with van der Waals surface area (Å²) in [5.74, 6) is 0. The molecule has 1 atom stereocenters. The van der Waals surface area contributed by atoms with Crippen LogP contribution in [0.15, 0.2) is 17.5 Å². The summed E-state index contributed by atoms with van der Waals surface area (Å²) in [6.45, 7) is 4.64. The van der Waals surface area contributed by atoms with Crippen LogP contribution >= 0.6 is 22.7 Å². The molecular formula is C15H20N4S2. The molecule has 2 aromatic heterocycles. The first-order valence-corrected chi connectivity index (χ1v) is 9.26. The summed E-state index contributed by atoms with van der Waals surface area (Å²) in [6, 6.07) is 5.05. The molecule has 2 aliphatic rings. The number of nitrogen functional groups attached to an aromatic ring is 1. The van der Waals surface area contributed by atoms with Gasteiger partial charge in [-0.05, 0) is 36.8 Å². The largest absolute Gasteiger partial charge is 0.375 e. The highest BCUT2D eigenvalue weighted by Gasteiger charge is 2.29. The number of anilines is 2. The fourth-order valence-corrected chi connectivity index (χ4v) is 5.18. The molecule has 0 spiro atoms. The number of hydrogen-bond acceptors (Lipinski definition) is 6. The number of thiophene rings is 1. The van der Waals surface area contributed by atoms with Gasteiger partial charge in [0.1, 0.15) is 0 Å². The third-order valence-electron chi connectivity index (χ3n) is 4.58. The van der Waals surface area contributed by atoms with Crippen molar-refractivity contribution in [3.63, 3.8) is 0 Å². The normalized spacial score (nSPS) is 23.2. The van der Waals surface area contributed by atoms with E-state index >= 15 is 0 Å². The van der Waals surface area contributed by atoms with E-state index in [0.717, 1.165) is 31.1 Å². The minimum atomic E-state index is 0.683. The van der Waals surface area contributed by atoms with Gasteiger partial charge in [0.15, 0.2) is 5.13 Å². The second-order valence-electron chi connectivity index (χ2n) is 5.79. The van der Waals surface area contributed by atoms with Crippen molar-refractivity contribution >= 4 is 32.8 Å². The summed E-state index contributed by atoms with van der Waals surface area (Å²) in [5.41, 5.74) is 7.10. The summed E-state index contributed by atoms with van der Waals surface area (Å²) in [4.78, 5) is 11.1. The minimum absolute atomic E-state index is 0.683. The van der Waals surface area contributed by atoms with Gasteiger partial charge in [-0.25, -0.2) is 4.98 Å². The van der Waals surface area contributed by atoms with Gasteiger partial charge in [-0.3, -0.25) is 4.90 Å². The Kier molecular flexibility index (Phi) is 3.61. The molecule has 1 aliphatic heterocycles. The maximum atomic E-state index is 5.84. The van der Waals surface area contributed by atoms with Gasteiger partial charge in [-0.1, -0.05) is 0 Å². The molecule has 6 heteroatoms. The van der Waals surface area contributed by atoms with Crippen molar-refractivity contribution in [2.24, 2.45) is 0 Å². The third kappa shape index (κ3) is 2.67. The molecule has 0 bridgehead atoms. The van der Waals surface area contributed by atoms with Crippen LogP contribution in [-0.4, -0.2) is 42.1 Å². The minimum Gasteiger partial charge on any atom is -0.375 e. The van der Waals surface area contributed by atoms with E-state index in [9.17, 15) is 0 Å². The first kappa shape index (κ1) is 13.5. The monoisotopic (exact) mass is 320 g/mol. The summed E-state index contributed by atoms with van der Waals surface area (Å²) in [5, 5.41) is 4.32. The quantitative estimate of drug-likeness (QED) is 0.923. The third-order valence-corrected chi connectivity index (χ3v) is 6.46. The molecule has 0 amide bonds. The van der Waals surface area contributed by atoms with Gasteiger partial charge < -0.3 is 10.6 Å². The molecule has 3 heterocycles. The van der Waals surface area contributed by atoms with E-state index in [4.69, 9.17) is 5.73 Å². The summed E-state index contributed by atoms with van der Waals surface area (Å²) in [6.07, 6.45) is 3.47.